The van der Waals surface area contributed by atoms with Gasteiger partial charge in [-0.15, -0.1) is 0 Å². The fraction of sp³-hybridized carbons (Fsp3) is 0.733. The van der Waals surface area contributed by atoms with Gasteiger partial charge in [-0.05, 0) is 44.2 Å². The molecule has 0 aliphatic heterocycles. The van der Waals surface area contributed by atoms with Crippen molar-refractivity contribution in [2.45, 2.75) is 58.8 Å². The van der Waals surface area contributed by atoms with E-state index in [1.165, 1.54) is 31.2 Å². The fourth-order valence-electron chi connectivity index (χ4n) is 2.57. The van der Waals surface area contributed by atoms with Crippen molar-refractivity contribution >= 4 is 0 Å². The van der Waals surface area contributed by atoms with E-state index in [1.807, 2.05) is 13.1 Å². The molecule has 0 radical (unpaired) electrons. The lowest BCUT2D eigenvalue weighted by Gasteiger charge is -2.34. The number of ether oxygens (including phenoxy) is 1. The van der Waals surface area contributed by atoms with E-state index in [4.69, 9.17) is 9.15 Å². The maximum absolute atomic E-state index is 5.99. The monoisotopic (exact) mass is 251 g/mol. The molecule has 1 aliphatic carbocycles. The molecule has 1 saturated carbocycles. The molecule has 0 aromatic carbocycles. The van der Waals surface area contributed by atoms with Gasteiger partial charge in [0.1, 0.15) is 12.4 Å². The summed E-state index contributed by atoms with van der Waals surface area (Å²) >= 11 is 0. The van der Waals surface area contributed by atoms with Crippen LogP contribution >= 0.6 is 0 Å². The molecule has 18 heavy (non-hydrogen) atoms. The second-order valence-corrected chi connectivity index (χ2v) is 6.07. The van der Waals surface area contributed by atoms with Gasteiger partial charge in [-0.25, -0.2) is 0 Å². The molecule has 1 N–H and O–H groups in total. The van der Waals surface area contributed by atoms with Crippen LogP contribution < -0.4 is 5.32 Å². The highest BCUT2D eigenvalue weighted by Gasteiger charge is 2.27. The van der Waals surface area contributed by atoms with Crippen LogP contribution in [0.2, 0.25) is 0 Å². The maximum Gasteiger partial charge on any atom is 0.133 e. The van der Waals surface area contributed by atoms with Crippen LogP contribution in [0.3, 0.4) is 0 Å². The molecule has 3 heteroatoms. The summed E-state index contributed by atoms with van der Waals surface area (Å²) in [5, 5.41) is 3.14. The topological polar surface area (TPSA) is 34.4 Å². The van der Waals surface area contributed by atoms with Gasteiger partial charge < -0.3 is 14.5 Å². The van der Waals surface area contributed by atoms with Gasteiger partial charge in [0.2, 0.25) is 0 Å². The van der Waals surface area contributed by atoms with Crippen molar-refractivity contribution in [1.29, 1.82) is 0 Å². The molecule has 1 fully saturated rings. The minimum absolute atomic E-state index is 0.408. The van der Waals surface area contributed by atoms with Gasteiger partial charge in [0.25, 0.3) is 0 Å². The van der Waals surface area contributed by atoms with E-state index in [2.05, 4.69) is 19.2 Å². The first kappa shape index (κ1) is 13.6. The van der Waals surface area contributed by atoms with Gasteiger partial charge in [-0.1, -0.05) is 13.8 Å². The quantitative estimate of drug-likeness (QED) is 0.870. The lowest BCUT2D eigenvalue weighted by molar-refractivity contribution is -0.0124. The average molecular weight is 251 g/mol. The summed E-state index contributed by atoms with van der Waals surface area (Å²) < 4.78 is 11.5. The Labute approximate surface area is 110 Å². The predicted octanol–water partition coefficient (Wildman–Crippen LogP) is 3.48. The Morgan fingerprint density at radius 2 is 2.11 bits per heavy atom. The Balaban J connectivity index is 1.79. The lowest BCUT2D eigenvalue weighted by atomic mass is 9.76. The van der Waals surface area contributed by atoms with E-state index in [1.54, 1.807) is 6.26 Å². The van der Waals surface area contributed by atoms with Crippen LogP contribution in [0.1, 0.15) is 50.9 Å². The Morgan fingerprint density at radius 1 is 1.39 bits per heavy atom. The standard InChI is InChI=1S/C15H25NO2/c1-15(2)7-4-13(5-8-15)18-11-14-12(10-16-3)6-9-17-14/h6,9,13,16H,4-5,7-8,10-11H2,1-3H3. The van der Waals surface area contributed by atoms with E-state index in [0.29, 0.717) is 18.1 Å². The summed E-state index contributed by atoms with van der Waals surface area (Å²) in [4.78, 5) is 0. The van der Waals surface area contributed by atoms with E-state index in [-0.39, 0.29) is 0 Å². The molecular weight excluding hydrogens is 226 g/mol. The highest BCUT2D eigenvalue weighted by molar-refractivity contribution is 5.15. The summed E-state index contributed by atoms with van der Waals surface area (Å²) in [6, 6.07) is 2.01. The highest BCUT2D eigenvalue weighted by Crippen LogP contribution is 2.36. The zero-order chi connectivity index (χ0) is 13.0. The van der Waals surface area contributed by atoms with Crippen LogP contribution in [0.4, 0.5) is 0 Å². The van der Waals surface area contributed by atoms with Gasteiger partial charge in [-0.2, -0.15) is 0 Å². The van der Waals surface area contributed by atoms with E-state index in [9.17, 15) is 0 Å². The van der Waals surface area contributed by atoms with Crippen LogP contribution in [-0.4, -0.2) is 13.2 Å². The Hall–Kier alpha value is -0.800. The summed E-state index contributed by atoms with van der Waals surface area (Å²) in [5.74, 6) is 0.967. The van der Waals surface area contributed by atoms with Crippen molar-refractivity contribution < 1.29 is 9.15 Å². The molecule has 0 saturated heterocycles. The first-order chi connectivity index (χ1) is 8.61. The normalized spacial score (nSPS) is 20.2. The second kappa shape index (κ2) is 5.89. The molecule has 1 aromatic heterocycles. The van der Waals surface area contributed by atoms with Gasteiger partial charge in [0, 0.05) is 12.1 Å². The molecule has 0 unspecified atom stereocenters. The number of nitrogens with one attached hydrogen (secondary N) is 1. The van der Waals surface area contributed by atoms with E-state index in [0.717, 1.165) is 12.3 Å². The Kier molecular flexibility index (Phi) is 4.46. The van der Waals surface area contributed by atoms with E-state index < -0.39 is 0 Å². The molecule has 102 valence electrons. The third kappa shape index (κ3) is 3.59. The van der Waals surface area contributed by atoms with Gasteiger partial charge >= 0.3 is 0 Å². The predicted molar refractivity (Wildman–Crippen MR) is 72.3 cm³/mol. The number of hydrogen-bond acceptors (Lipinski definition) is 3. The summed E-state index contributed by atoms with van der Waals surface area (Å²) in [6.07, 6.45) is 7.03. The van der Waals surface area contributed by atoms with Crippen LogP contribution in [0.5, 0.6) is 0 Å². The number of hydrogen-bond donors (Lipinski definition) is 1. The van der Waals surface area contributed by atoms with Crippen molar-refractivity contribution in [1.82, 2.24) is 5.32 Å². The third-order valence-electron chi connectivity index (χ3n) is 3.94. The van der Waals surface area contributed by atoms with Crippen molar-refractivity contribution in [3.63, 3.8) is 0 Å². The molecule has 0 spiro atoms. The first-order valence-corrected chi connectivity index (χ1v) is 6.92. The Bertz CT molecular complexity index is 360. The molecular formula is C15H25NO2. The second-order valence-electron chi connectivity index (χ2n) is 6.07. The summed E-state index contributed by atoms with van der Waals surface area (Å²) in [7, 11) is 1.95. The van der Waals surface area contributed by atoms with Crippen LogP contribution in [-0.2, 0) is 17.9 Å². The Morgan fingerprint density at radius 3 is 2.78 bits per heavy atom. The van der Waals surface area contributed by atoms with Crippen molar-refractivity contribution in [3.8, 4) is 0 Å². The molecule has 1 aliphatic rings. The third-order valence-corrected chi connectivity index (χ3v) is 3.94. The summed E-state index contributed by atoms with van der Waals surface area (Å²) in [6.45, 7) is 6.14. The fourth-order valence-corrected chi connectivity index (χ4v) is 2.57. The molecule has 1 aromatic rings. The molecule has 0 atom stereocenters. The molecule has 1 heterocycles. The largest absolute Gasteiger partial charge is 0.467 e. The van der Waals surface area contributed by atoms with E-state index >= 15 is 0 Å². The number of rotatable bonds is 5. The molecule has 2 rings (SSSR count). The SMILES string of the molecule is CNCc1ccoc1COC1CCC(C)(C)CC1. The zero-order valence-corrected chi connectivity index (χ0v) is 11.8. The van der Waals surface area contributed by atoms with Crippen molar-refractivity contribution in [2.24, 2.45) is 5.41 Å². The van der Waals surface area contributed by atoms with Crippen molar-refractivity contribution in [2.75, 3.05) is 7.05 Å². The lowest BCUT2D eigenvalue weighted by Crippen LogP contribution is -2.26. The van der Waals surface area contributed by atoms with Crippen LogP contribution in [0, 0.1) is 5.41 Å². The molecule has 0 amide bonds. The minimum atomic E-state index is 0.408. The average Bonchev–Trinajstić information content (AvgIpc) is 2.76. The minimum Gasteiger partial charge on any atom is -0.467 e. The first-order valence-electron chi connectivity index (χ1n) is 6.92. The molecule has 3 nitrogen and oxygen atoms in total. The van der Waals surface area contributed by atoms with Gasteiger partial charge in [0.05, 0.1) is 12.4 Å². The molecule has 0 bridgehead atoms. The van der Waals surface area contributed by atoms with Crippen molar-refractivity contribution in [3.05, 3.63) is 23.7 Å². The smallest absolute Gasteiger partial charge is 0.133 e. The highest BCUT2D eigenvalue weighted by atomic mass is 16.5. The summed E-state index contributed by atoms with van der Waals surface area (Å²) in [5.41, 5.74) is 1.70. The van der Waals surface area contributed by atoms with Crippen LogP contribution in [0.15, 0.2) is 16.7 Å². The maximum atomic E-state index is 5.99. The number of furan rings is 1. The van der Waals surface area contributed by atoms with Crippen LogP contribution in [0.25, 0.3) is 0 Å². The van der Waals surface area contributed by atoms with Gasteiger partial charge in [-0.3, -0.25) is 0 Å². The zero-order valence-electron chi connectivity index (χ0n) is 11.8. The van der Waals surface area contributed by atoms with Gasteiger partial charge in [0.15, 0.2) is 0 Å².